The van der Waals surface area contributed by atoms with Gasteiger partial charge in [-0.2, -0.15) is 0 Å². The van der Waals surface area contributed by atoms with E-state index in [0.717, 1.165) is 34.5 Å². The van der Waals surface area contributed by atoms with Crippen molar-refractivity contribution in [3.63, 3.8) is 0 Å². The zero-order valence-corrected chi connectivity index (χ0v) is 15.0. The van der Waals surface area contributed by atoms with Gasteiger partial charge >= 0.3 is 0 Å². The van der Waals surface area contributed by atoms with E-state index < -0.39 is 0 Å². The molecule has 0 aliphatic heterocycles. The van der Waals surface area contributed by atoms with E-state index in [1.54, 1.807) is 23.6 Å². The number of aryl methyl sites for hydroxylation is 1. The molecule has 0 aliphatic carbocycles. The number of carbonyl (C=O) groups excluding carboxylic acids is 1. The lowest BCUT2D eigenvalue weighted by Gasteiger charge is -2.11. The van der Waals surface area contributed by atoms with Gasteiger partial charge in [0.15, 0.2) is 0 Å². The maximum absolute atomic E-state index is 12.6. The maximum Gasteiger partial charge on any atom is 0.251 e. The van der Waals surface area contributed by atoms with E-state index in [1.165, 1.54) is 0 Å². The predicted octanol–water partition coefficient (Wildman–Crippen LogP) is 4.27. The summed E-state index contributed by atoms with van der Waals surface area (Å²) < 4.78 is 0. The van der Waals surface area contributed by atoms with Crippen molar-refractivity contribution in [1.82, 2.24) is 10.3 Å². The maximum atomic E-state index is 12.6. The van der Waals surface area contributed by atoms with E-state index in [2.05, 4.69) is 23.3 Å². The summed E-state index contributed by atoms with van der Waals surface area (Å²) in [6.45, 7) is 2.57. The molecule has 1 amide bonds. The Morgan fingerprint density at radius 3 is 2.88 bits per heavy atom. The molecule has 0 spiro atoms. The molecular weight excluding hydrogens is 330 g/mol. The average Bonchev–Trinajstić information content (AvgIpc) is 3.16. The highest BCUT2D eigenvalue weighted by Gasteiger charge is 2.11. The molecule has 0 radical (unpaired) electrons. The topological polar surface area (TPSA) is 68.0 Å². The third kappa shape index (κ3) is 4.25. The van der Waals surface area contributed by atoms with Crippen LogP contribution in [-0.4, -0.2) is 10.9 Å². The van der Waals surface area contributed by atoms with E-state index >= 15 is 0 Å². The second-order valence-electron chi connectivity index (χ2n) is 5.89. The molecule has 5 heteroatoms. The molecule has 0 unspecified atom stereocenters. The van der Waals surface area contributed by atoms with Crippen LogP contribution >= 0.6 is 11.3 Å². The minimum Gasteiger partial charge on any atom is -0.399 e. The van der Waals surface area contributed by atoms with Crippen molar-refractivity contribution in [2.24, 2.45) is 0 Å². The van der Waals surface area contributed by atoms with E-state index in [1.807, 2.05) is 35.7 Å². The van der Waals surface area contributed by atoms with Crippen LogP contribution in [-0.2, 0) is 13.0 Å². The van der Waals surface area contributed by atoms with Crippen molar-refractivity contribution in [3.8, 4) is 10.6 Å². The van der Waals surface area contributed by atoms with Gasteiger partial charge in [0.1, 0.15) is 5.01 Å². The number of hydrogen-bond donors (Lipinski definition) is 2. The van der Waals surface area contributed by atoms with Crippen LogP contribution in [0.4, 0.5) is 5.69 Å². The first-order valence-electron chi connectivity index (χ1n) is 8.32. The molecule has 3 aromatic rings. The molecule has 25 heavy (non-hydrogen) atoms. The fourth-order valence-corrected chi connectivity index (χ4v) is 3.39. The third-order valence-electron chi connectivity index (χ3n) is 3.96. The summed E-state index contributed by atoms with van der Waals surface area (Å²) in [5.74, 6) is -0.0876. The lowest BCUT2D eigenvalue weighted by Crippen LogP contribution is -2.24. The summed E-state index contributed by atoms with van der Waals surface area (Å²) in [6, 6.07) is 13.6. The second kappa shape index (κ2) is 7.94. The number of aromatic nitrogens is 1. The van der Waals surface area contributed by atoms with Gasteiger partial charge in [0.2, 0.25) is 0 Å². The smallest absolute Gasteiger partial charge is 0.251 e. The van der Waals surface area contributed by atoms with Gasteiger partial charge in [0.05, 0.1) is 0 Å². The summed E-state index contributed by atoms with van der Waals surface area (Å²) >= 11 is 1.60. The van der Waals surface area contributed by atoms with Gasteiger partial charge in [0, 0.05) is 34.9 Å². The molecule has 0 saturated carbocycles. The molecule has 1 heterocycles. The first kappa shape index (κ1) is 17.2. The van der Waals surface area contributed by atoms with Crippen LogP contribution in [0.25, 0.3) is 10.6 Å². The van der Waals surface area contributed by atoms with Crippen molar-refractivity contribution in [1.29, 1.82) is 0 Å². The summed E-state index contributed by atoms with van der Waals surface area (Å²) in [5, 5.41) is 5.94. The van der Waals surface area contributed by atoms with Crippen molar-refractivity contribution in [2.45, 2.75) is 26.3 Å². The summed E-state index contributed by atoms with van der Waals surface area (Å²) in [4.78, 5) is 16.9. The first-order valence-corrected chi connectivity index (χ1v) is 9.20. The van der Waals surface area contributed by atoms with Gasteiger partial charge in [-0.15, -0.1) is 11.3 Å². The largest absolute Gasteiger partial charge is 0.399 e. The Bertz CT molecular complexity index is 859. The molecule has 4 nitrogen and oxygen atoms in total. The number of rotatable bonds is 6. The zero-order chi connectivity index (χ0) is 17.6. The Labute approximate surface area is 151 Å². The molecule has 1 aromatic heterocycles. The fourth-order valence-electron chi connectivity index (χ4n) is 2.75. The van der Waals surface area contributed by atoms with Gasteiger partial charge in [-0.05, 0) is 35.7 Å². The van der Waals surface area contributed by atoms with Gasteiger partial charge in [-0.3, -0.25) is 4.79 Å². The molecule has 0 fully saturated rings. The van der Waals surface area contributed by atoms with Crippen LogP contribution in [0.3, 0.4) is 0 Å². The Morgan fingerprint density at radius 1 is 1.24 bits per heavy atom. The lowest BCUT2D eigenvalue weighted by molar-refractivity contribution is 0.0950. The zero-order valence-electron chi connectivity index (χ0n) is 14.2. The average molecular weight is 351 g/mol. The third-order valence-corrected chi connectivity index (χ3v) is 4.78. The minimum atomic E-state index is -0.0876. The quantitative estimate of drug-likeness (QED) is 0.652. The summed E-state index contributed by atoms with van der Waals surface area (Å²) in [7, 11) is 0. The number of benzene rings is 2. The highest BCUT2D eigenvalue weighted by Crippen LogP contribution is 2.22. The molecule has 2 aromatic carbocycles. The Balaban J connectivity index is 1.73. The van der Waals surface area contributed by atoms with Crippen molar-refractivity contribution >= 4 is 22.9 Å². The minimum absolute atomic E-state index is 0.0876. The lowest BCUT2D eigenvalue weighted by atomic mass is 10.0. The van der Waals surface area contributed by atoms with Crippen LogP contribution in [0.5, 0.6) is 0 Å². The van der Waals surface area contributed by atoms with Crippen molar-refractivity contribution < 1.29 is 4.79 Å². The number of nitrogen functional groups attached to an aromatic ring is 1. The number of nitrogens with zero attached hydrogens (tertiary/aromatic N) is 1. The number of nitrogens with one attached hydrogen (secondary N) is 1. The molecule has 0 bridgehead atoms. The first-order chi connectivity index (χ1) is 12.2. The Hall–Kier alpha value is -2.66. The molecule has 0 aliphatic rings. The number of nitrogens with two attached hydrogens (primary N) is 1. The summed E-state index contributed by atoms with van der Waals surface area (Å²) in [6.07, 6.45) is 3.64. The van der Waals surface area contributed by atoms with Gasteiger partial charge in [-0.25, -0.2) is 4.98 Å². The van der Waals surface area contributed by atoms with Crippen LogP contribution in [0.15, 0.2) is 54.0 Å². The SMILES string of the molecule is CCCc1ccc(N)cc1C(=O)NCc1cccc(-c2nccs2)c1. The Kier molecular flexibility index (Phi) is 5.46. The second-order valence-corrected chi connectivity index (χ2v) is 6.78. The Morgan fingerprint density at radius 2 is 2.12 bits per heavy atom. The molecule has 3 rings (SSSR count). The van der Waals surface area contributed by atoms with Gasteiger partial charge < -0.3 is 11.1 Å². The molecular formula is C20H21N3OS. The number of amides is 1. The van der Waals surface area contributed by atoms with Gasteiger partial charge in [0.25, 0.3) is 5.91 Å². The van der Waals surface area contributed by atoms with E-state index in [9.17, 15) is 4.79 Å². The normalized spacial score (nSPS) is 10.6. The number of carbonyl (C=O) groups is 1. The monoisotopic (exact) mass is 351 g/mol. The van der Waals surface area contributed by atoms with Crippen LogP contribution < -0.4 is 11.1 Å². The van der Waals surface area contributed by atoms with E-state index in [4.69, 9.17) is 5.73 Å². The molecule has 0 saturated heterocycles. The fraction of sp³-hybridized carbons (Fsp3) is 0.200. The highest BCUT2D eigenvalue weighted by atomic mass is 32.1. The van der Waals surface area contributed by atoms with Crippen LogP contribution in [0.1, 0.15) is 34.8 Å². The van der Waals surface area contributed by atoms with Crippen molar-refractivity contribution in [3.05, 3.63) is 70.7 Å². The van der Waals surface area contributed by atoms with E-state index in [0.29, 0.717) is 17.8 Å². The molecule has 0 atom stereocenters. The summed E-state index contributed by atoms with van der Waals surface area (Å²) in [5.41, 5.74) is 10.3. The van der Waals surface area contributed by atoms with Crippen molar-refractivity contribution in [2.75, 3.05) is 5.73 Å². The van der Waals surface area contributed by atoms with Crippen LogP contribution in [0, 0.1) is 0 Å². The van der Waals surface area contributed by atoms with Crippen LogP contribution in [0.2, 0.25) is 0 Å². The predicted molar refractivity (Wildman–Crippen MR) is 104 cm³/mol. The number of thiazole rings is 1. The highest BCUT2D eigenvalue weighted by molar-refractivity contribution is 7.13. The standard InChI is InChI=1S/C20H21N3OS/c1-2-4-15-7-8-17(21)12-18(15)19(24)23-13-14-5-3-6-16(11-14)20-22-9-10-25-20/h3,5-12H,2,4,13,21H2,1H3,(H,23,24). The van der Waals surface area contributed by atoms with Gasteiger partial charge in [-0.1, -0.05) is 37.6 Å². The molecule has 128 valence electrons. The number of hydrogen-bond acceptors (Lipinski definition) is 4. The number of anilines is 1. The molecule has 3 N–H and O–H groups in total. The van der Waals surface area contributed by atoms with E-state index in [-0.39, 0.29) is 5.91 Å².